The Morgan fingerprint density at radius 3 is 3.16 bits per heavy atom. The van der Waals surface area contributed by atoms with Crippen molar-refractivity contribution in [1.82, 2.24) is 14.4 Å². The van der Waals surface area contributed by atoms with Gasteiger partial charge in [0.1, 0.15) is 5.82 Å². The van der Waals surface area contributed by atoms with E-state index in [-0.39, 0.29) is 12.6 Å². The molecule has 0 bridgehead atoms. The van der Waals surface area contributed by atoms with Crippen LogP contribution in [0.5, 0.6) is 0 Å². The van der Waals surface area contributed by atoms with E-state index < -0.39 is 0 Å². The Morgan fingerprint density at radius 2 is 2.37 bits per heavy atom. The largest absolute Gasteiger partial charge is 0.396 e. The zero-order chi connectivity index (χ0) is 13.2. The molecule has 6 nitrogen and oxygen atoms in total. The molecule has 1 fully saturated rings. The highest BCUT2D eigenvalue weighted by Crippen LogP contribution is 2.29. The van der Waals surface area contributed by atoms with Crippen LogP contribution in [0.1, 0.15) is 19.3 Å². The van der Waals surface area contributed by atoms with Gasteiger partial charge in [0.2, 0.25) is 0 Å². The highest BCUT2D eigenvalue weighted by molar-refractivity contribution is 5.65. The van der Waals surface area contributed by atoms with Gasteiger partial charge in [-0.15, -0.1) is 0 Å². The first-order chi connectivity index (χ1) is 9.31. The van der Waals surface area contributed by atoms with Crippen molar-refractivity contribution in [3.63, 3.8) is 0 Å². The number of hydrogen-bond donors (Lipinski definition) is 3. The van der Waals surface area contributed by atoms with Crippen LogP contribution in [0.4, 0.5) is 11.6 Å². The van der Waals surface area contributed by atoms with E-state index in [1.54, 1.807) is 6.20 Å². The monoisotopic (exact) mass is 261 g/mol. The number of imidazole rings is 1. The van der Waals surface area contributed by atoms with Crippen molar-refractivity contribution in [3.8, 4) is 0 Å². The first kappa shape index (κ1) is 12.2. The SMILES string of the molecule is CNc1cn2ccnc2c(NC2CCCC2CO)n1. The van der Waals surface area contributed by atoms with Crippen molar-refractivity contribution in [2.45, 2.75) is 25.3 Å². The van der Waals surface area contributed by atoms with Crippen LogP contribution < -0.4 is 10.6 Å². The van der Waals surface area contributed by atoms with Crippen molar-refractivity contribution >= 4 is 17.3 Å². The van der Waals surface area contributed by atoms with Gasteiger partial charge in [0.05, 0.1) is 6.20 Å². The smallest absolute Gasteiger partial charge is 0.180 e. The molecule has 2 aromatic heterocycles. The van der Waals surface area contributed by atoms with E-state index in [1.807, 2.05) is 23.8 Å². The molecule has 0 spiro atoms. The van der Waals surface area contributed by atoms with Crippen LogP contribution in [0.2, 0.25) is 0 Å². The lowest BCUT2D eigenvalue weighted by Gasteiger charge is -2.20. The van der Waals surface area contributed by atoms with E-state index in [2.05, 4.69) is 20.6 Å². The minimum Gasteiger partial charge on any atom is -0.396 e. The Morgan fingerprint density at radius 1 is 1.47 bits per heavy atom. The summed E-state index contributed by atoms with van der Waals surface area (Å²) in [6.07, 6.45) is 8.88. The Labute approximate surface area is 111 Å². The molecule has 1 saturated carbocycles. The van der Waals surface area contributed by atoms with Gasteiger partial charge in [0, 0.05) is 38.0 Å². The fourth-order valence-electron chi connectivity index (χ4n) is 2.77. The van der Waals surface area contributed by atoms with Crippen molar-refractivity contribution in [3.05, 3.63) is 18.6 Å². The average molecular weight is 261 g/mol. The molecule has 0 radical (unpaired) electrons. The van der Waals surface area contributed by atoms with Crippen LogP contribution in [0.15, 0.2) is 18.6 Å². The van der Waals surface area contributed by atoms with Gasteiger partial charge in [-0.2, -0.15) is 0 Å². The normalized spacial score (nSPS) is 22.8. The van der Waals surface area contributed by atoms with Gasteiger partial charge in [-0.1, -0.05) is 6.42 Å². The number of nitrogens with zero attached hydrogens (tertiary/aromatic N) is 3. The molecule has 6 heteroatoms. The lowest BCUT2D eigenvalue weighted by molar-refractivity contribution is 0.222. The van der Waals surface area contributed by atoms with Gasteiger partial charge in [-0.25, -0.2) is 9.97 Å². The van der Waals surface area contributed by atoms with Crippen molar-refractivity contribution < 1.29 is 5.11 Å². The molecule has 0 amide bonds. The fourth-order valence-corrected chi connectivity index (χ4v) is 2.77. The molecule has 2 aromatic rings. The number of rotatable bonds is 4. The van der Waals surface area contributed by atoms with Gasteiger partial charge in [-0.05, 0) is 12.8 Å². The zero-order valence-electron chi connectivity index (χ0n) is 11.0. The molecule has 3 N–H and O–H groups in total. The molecule has 0 aromatic carbocycles. The Kier molecular flexibility index (Phi) is 3.25. The van der Waals surface area contributed by atoms with Gasteiger partial charge in [-0.3, -0.25) is 0 Å². The first-order valence-corrected chi connectivity index (χ1v) is 6.70. The number of anilines is 2. The molecule has 0 saturated heterocycles. The number of fused-ring (bicyclic) bond motifs is 1. The summed E-state index contributed by atoms with van der Waals surface area (Å²) < 4.78 is 1.95. The van der Waals surface area contributed by atoms with Crippen LogP contribution in [0.3, 0.4) is 0 Å². The molecule has 102 valence electrons. The van der Waals surface area contributed by atoms with Gasteiger partial charge >= 0.3 is 0 Å². The lowest BCUT2D eigenvalue weighted by atomic mass is 10.1. The lowest BCUT2D eigenvalue weighted by Crippen LogP contribution is -2.27. The summed E-state index contributed by atoms with van der Waals surface area (Å²) in [5.41, 5.74) is 0.822. The maximum atomic E-state index is 9.39. The Balaban J connectivity index is 1.92. The summed E-state index contributed by atoms with van der Waals surface area (Å²) >= 11 is 0. The summed E-state index contributed by atoms with van der Waals surface area (Å²) in [6.45, 7) is 0.230. The number of aliphatic hydroxyl groups excluding tert-OH is 1. The average Bonchev–Trinajstić information content (AvgIpc) is 3.06. The maximum absolute atomic E-state index is 9.39. The summed E-state index contributed by atoms with van der Waals surface area (Å²) in [7, 11) is 1.85. The van der Waals surface area contributed by atoms with E-state index in [0.717, 1.165) is 36.5 Å². The highest BCUT2D eigenvalue weighted by atomic mass is 16.3. The summed E-state index contributed by atoms with van der Waals surface area (Å²) in [4.78, 5) is 8.87. The molecule has 2 heterocycles. The molecule has 2 atom stereocenters. The predicted molar refractivity (Wildman–Crippen MR) is 74.4 cm³/mol. The molecular weight excluding hydrogens is 242 g/mol. The van der Waals surface area contributed by atoms with Crippen molar-refractivity contribution in [2.75, 3.05) is 24.3 Å². The third kappa shape index (κ3) is 2.23. The number of nitrogens with one attached hydrogen (secondary N) is 2. The number of hydrogen-bond acceptors (Lipinski definition) is 5. The quantitative estimate of drug-likeness (QED) is 0.774. The van der Waals surface area contributed by atoms with Crippen LogP contribution >= 0.6 is 0 Å². The highest BCUT2D eigenvalue weighted by Gasteiger charge is 2.27. The zero-order valence-corrected chi connectivity index (χ0v) is 11.0. The summed E-state index contributed by atoms with van der Waals surface area (Å²) in [6, 6.07) is 0.283. The second kappa shape index (κ2) is 5.05. The van der Waals surface area contributed by atoms with Gasteiger partial charge in [0.25, 0.3) is 0 Å². The number of aliphatic hydroxyl groups is 1. The predicted octanol–water partition coefficient (Wildman–Crippen LogP) is 1.34. The fraction of sp³-hybridized carbons (Fsp3) is 0.538. The van der Waals surface area contributed by atoms with Crippen LogP contribution in [0, 0.1) is 5.92 Å². The molecule has 3 rings (SSSR count). The topological polar surface area (TPSA) is 74.5 Å². The van der Waals surface area contributed by atoms with Gasteiger partial charge in [0.15, 0.2) is 11.5 Å². The van der Waals surface area contributed by atoms with E-state index in [9.17, 15) is 5.11 Å². The Bertz CT molecular complexity index is 567. The number of aromatic nitrogens is 3. The van der Waals surface area contributed by atoms with Crippen LogP contribution in [-0.4, -0.2) is 39.2 Å². The van der Waals surface area contributed by atoms with Crippen molar-refractivity contribution in [2.24, 2.45) is 5.92 Å². The molecule has 19 heavy (non-hydrogen) atoms. The van der Waals surface area contributed by atoms with E-state index in [4.69, 9.17) is 0 Å². The first-order valence-electron chi connectivity index (χ1n) is 6.70. The third-order valence-electron chi connectivity index (χ3n) is 3.85. The molecule has 1 aliphatic carbocycles. The molecule has 1 aliphatic rings. The minimum absolute atomic E-state index is 0.230. The van der Waals surface area contributed by atoms with Crippen LogP contribution in [-0.2, 0) is 0 Å². The van der Waals surface area contributed by atoms with E-state index in [0.29, 0.717) is 5.92 Å². The Hall–Kier alpha value is -1.82. The molecule has 0 aliphatic heterocycles. The molecular formula is C13H19N5O. The van der Waals surface area contributed by atoms with Crippen LogP contribution in [0.25, 0.3) is 5.65 Å². The summed E-state index contributed by atoms with van der Waals surface area (Å²) in [5, 5.41) is 15.9. The van der Waals surface area contributed by atoms with Gasteiger partial charge < -0.3 is 20.1 Å². The second-order valence-electron chi connectivity index (χ2n) is 5.01. The second-order valence-corrected chi connectivity index (χ2v) is 5.01. The minimum atomic E-state index is 0.230. The standard InChI is InChI=1S/C13H19N5O/c1-14-11-7-18-6-5-15-13(18)12(17-11)16-10-4-2-3-9(10)8-19/h5-7,9-10,14,19H,2-4,8H2,1H3,(H,16,17). The van der Waals surface area contributed by atoms with E-state index in [1.165, 1.54) is 0 Å². The molecule has 2 unspecified atom stereocenters. The third-order valence-corrected chi connectivity index (χ3v) is 3.85. The van der Waals surface area contributed by atoms with Crippen molar-refractivity contribution in [1.29, 1.82) is 0 Å². The maximum Gasteiger partial charge on any atom is 0.180 e. The van der Waals surface area contributed by atoms with E-state index >= 15 is 0 Å². The summed E-state index contributed by atoms with van der Waals surface area (Å²) in [5.74, 6) is 1.89.